The van der Waals surface area contributed by atoms with Gasteiger partial charge in [-0.2, -0.15) is 15.0 Å². The molecule has 2 heterocycles. The van der Waals surface area contributed by atoms with E-state index in [0.717, 1.165) is 52.5 Å². The SMILES string of the molecule is CCNc1nc(NCC)nc(NCCN2CCOCC2)n1. The standard InChI is InChI=1S/C13H25N7O/c1-3-14-11-17-12(15-4-2)19-13(18-11)16-5-6-20-7-9-21-10-8-20/h3-10H2,1-2H3,(H3,14,15,16,17,18,19). The van der Waals surface area contributed by atoms with Crippen molar-refractivity contribution in [3.8, 4) is 0 Å². The number of hydrogen-bond acceptors (Lipinski definition) is 8. The first kappa shape index (κ1) is 15.7. The Bertz CT molecular complexity index is 399. The fraction of sp³-hybridized carbons (Fsp3) is 0.769. The Morgan fingerprint density at radius 2 is 1.43 bits per heavy atom. The molecule has 0 spiro atoms. The first-order valence-corrected chi connectivity index (χ1v) is 7.59. The zero-order valence-corrected chi connectivity index (χ0v) is 12.9. The lowest BCUT2D eigenvalue weighted by Crippen LogP contribution is -2.39. The summed E-state index contributed by atoms with van der Waals surface area (Å²) in [5.74, 6) is 1.79. The van der Waals surface area contributed by atoms with E-state index in [1.54, 1.807) is 0 Å². The lowest BCUT2D eigenvalue weighted by Gasteiger charge is -2.26. The third-order valence-electron chi connectivity index (χ3n) is 3.12. The fourth-order valence-electron chi connectivity index (χ4n) is 2.08. The van der Waals surface area contributed by atoms with Crippen LogP contribution >= 0.6 is 0 Å². The molecular formula is C13H25N7O. The Morgan fingerprint density at radius 3 is 1.95 bits per heavy atom. The van der Waals surface area contributed by atoms with Gasteiger partial charge in [0.2, 0.25) is 17.8 Å². The van der Waals surface area contributed by atoms with Crippen molar-refractivity contribution in [1.82, 2.24) is 19.9 Å². The summed E-state index contributed by atoms with van der Waals surface area (Å²) in [7, 11) is 0. The highest BCUT2D eigenvalue weighted by molar-refractivity contribution is 5.41. The average molecular weight is 295 g/mol. The second-order valence-electron chi connectivity index (χ2n) is 4.75. The zero-order chi connectivity index (χ0) is 14.9. The molecular weight excluding hydrogens is 270 g/mol. The molecule has 8 nitrogen and oxygen atoms in total. The normalized spacial score (nSPS) is 15.7. The van der Waals surface area contributed by atoms with Crippen LogP contribution < -0.4 is 16.0 Å². The Kier molecular flexibility index (Phi) is 6.42. The molecule has 0 aromatic carbocycles. The Hall–Kier alpha value is -1.67. The van der Waals surface area contributed by atoms with Gasteiger partial charge in [0.1, 0.15) is 0 Å². The molecule has 0 atom stereocenters. The maximum Gasteiger partial charge on any atom is 0.229 e. The van der Waals surface area contributed by atoms with Gasteiger partial charge in [0.15, 0.2) is 0 Å². The predicted octanol–water partition coefficient (Wildman–Crippen LogP) is 0.479. The summed E-state index contributed by atoms with van der Waals surface area (Å²) >= 11 is 0. The zero-order valence-electron chi connectivity index (χ0n) is 12.9. The summed E-state index contributed by atoms with van der Waals surface area (Å²) in [6.45, 7) is 11.0. The molecule has 1 aromatic heterocycles. The molecule has 0 aliphatic carbocycles. The molecule has 0 unspecified atom stereocenters. The fourth-order valence-corrected chi connectivity index (χ4v) is 2.08. The quantitative estimate of drug-likeness (QED) is 0.638. The van der Waals surface area contributed by atoms with Crippen molar-refractivity contribution in [3.05, 3.63) is 0 Å². The maximum atomic E-state index is 5.34. The minimum absolute atomic E-state index is 0.595. The number of hydrogen-bond donors (Lipinski definition) is 3. The monoisotopic (exact) mass is 295 g/mol. The van der Waals surface area contributed by atoms with Gasteiger partial charge in [-0.05, 0) is 13.8 Å². The van der Waals surface area contributed by atoms with E-state index in [0.29, 0.717) is 17.8 Å². The molecule has 21 heavy (non-hydrogen) atoms. The minimum Gasteiger partial charge on any atom is -0.379 e. The molecule has 2 rings (SSSR count). The van der Waals surface area contributed by atoms with Crippen molar-refractivity contribution in [2.45, 2.75) is 13.8 Å². The van der Waals surface area contributed by atoms with Crippen LogP contribution in [0.15, 0.2) is 0 Å². The molecule has 3 N–H and O–H groups in total. The number of rotatable bonds is 8. The van der Waals surface area contributed by atoms with Crippen LogP contribution in [0.1, 0.15) is 13.8 Å². The van der Waals surface area contributed by atoms with E-state index in [2.05, 4.69) is 35.8 Å². The van der Waals surface area contributed by atoms with Crippen molar-refractivity contribution < 1.29 is 4.74 Å². The van der Waals surface area contributed by atoms with Crippen LogP contribution in [0, 0.1) is 0 Å². The van der Waals surface area contributed by atoms with Crippen LogP contribution in [0.4, 0.5) is 17.8 Å². The molecule has 0 saturated carbocycles. The van der Waals surface area contributed by atoms with E-state index in [-0.39, 0.29) is 0 Å². The van der Waals surface area contributed by atoms with Crippen LogP contribution in [-0.2, 0) is 4.74 Å². The molecule has 0 radical (unpaired) electrons. The molecule has 1 aromatic rings. The number of morpholine rings is 1. The second kappa shape index (κ2) is 8.58. The summed E-state index contributed by atoms with van der Waals surface area (Å²) in [5.41, 5.74) is 0. The van der Waals surface area contributed by atoms with E-state index in [1.165, 1.54) is 0 Å². The summed E-state index contributed by atoms with van der Waals surface area (Å²) in [6.07, 6.45) is 0. The van der Waals surface area contributed by atoms with E-state index in [1.807, 2.05) is 13.8 Å². The highest BCUT2D eigenvalue weighted by Crippen LogP contribution is 2.09. The van der Waals surface area contributed by atoms with Crippen LogP contribution in [0.2, 0.25) is 0 Å². The first-order valence-electron chi connectivity index (χ1n) is 7.59. The van der Waals surface area contributed by atoms with Crippen LogP contribution in [0.3, 0.4) is 0 Å². The van der Waals surface area contributed by atoms with E-state index < -0.39 is 0 Å². The van der Waals surface area contributed by atoms with E-state index >= 15 is 0 Å². The summed E-state index contributed by atoms with van der Waals surface area (Å²) < 4.78 is 5.34. The molecule has 8 heteroatoms. The minimum atomic E-state index is 0.595. The molecule has 0 amide bonds. The van der Waals surface area contributed by atoms with Gasteiger partial charge < -0.3 is 20.7 Å². The number of ether oxygens (including phenoxy) is 1. The lowest BCUT2D eigenvalue weighted by atomic mass is 10.4. The van der Waals surface area contributed by atoms with Crippen LogP contribution in [-0.4, -0.2) is 72.3 Å². The van der Waals surface area contributed by atoms with Gasteiger partial charge in [-0.15, -0.1) is 0 Å². The van der Waals surface area contributed by atoms with E-state index in [4.69, 9.17) is 4.74 Å². The molecule has 1 aliphatic heterocycles. The third-order valence-corrected chi connectivity index (χ3v) is 3.12. The summed E-state index contributed by atoms with van der Waals surface area (Å²) in [5, 5.41) is 9.50. The Labute approximate surface area is 125 Å². The molecule has 1 saturated heterocycles. The lowest BCUT2D eigenvalue weighted by molar-refractivity contribution is 0.0398. The van der Waals surface area contributed by atoms with Gasteiger partial charge in [-0.3, -0.25) is 4.90 Å². The van der Waals surface area contributed by atoms with Crippen molar-refractivity contribution in [2.24, 2.45) is 0 Å². The van der Waals surface area contributed by atoms with Crippen molar-refractivity contribution >= 4 is 17.8 Å². The molecule has 1 aliphatic rings. The predicted molar refractivity (Wildman–Crippen MR) is 83.9 cm³/mol. The molecule has 118 valence electrons. The van der Waals surface area contributed by atoms with Crippen molar-refractivity contribution in [3.63, 3.8) is 0 Å². The second-order valence-corrected chi connectivity index (χ2v) is 4.75. The van der Waals surface area contributed by atoms with Gasteiger partial charge in [-0.25, -0.2) is 0 Å². The van der Waals surface area contributed by atoms with Gasteiger partial charge >= 0.3 is 0 Å². The van der Waals surface area contributed by atoms with Gasteiger partial charge in [-0.1, -0.05) is 0 Å². The van der Waals surface area contributed by atoms with Crippen molar-refractivity contribution in [1.29, 1.82) is 0 Å². The summed E-state index contributed by atoms with van der Waals surface area (Å²) in [4.78, 5) is 15.4. The van der Waals surface area contributed by atoms with E-state index in [9.17, 15) is 0 Å². The number of nitrogens with one attached hydrogen (secondary N) is 3. The first-order chi connectivity index (χ1) is 10.3. The third kappa shape index (κ3) is 5.31. The molecule has 1 fully saturated rings. The Morgan fingerprint density at radius 1 is 0.905 bits per heavy atom. The topological polar surface area (TPSA) is 87.2 Å². The van der Waals surface area contributed by atoms with Crippen LogP contribution in [0.5, 0.6) is 0 Å². The Balaban J connectivity index is 1.87. The summed E-state index contributed by atoms with van der Waals surface area (Å²) in [6, 6.07) is 0. The maximum absolute atomic E-state index is 5.34. The van der Waals surface area contributed by atoms with Gasteiger partial charge in [0, 0.05) is 39.3 Å². The molecule has 0 bridgehead atoms. The number of anilines is 3. The van der Waals surface area contributed by atoms with Crippen LogP contribution in [0.25, 0.3) is 0 Å². The van der Waals surface area contributed by atoms with Crippen molar-refractivity contribution in [2.75, 3.05) is 68.4 Å². The average Bonchev–Trinajstić information content (AvgIpc) is 2.49. The largest absolute Gasteiger partial charge is 0.379 e. The highest BCUT2D eigenvalue weighted by Gasteiger charge is 2.10. The highest BCUT2D eigenvalue weighted by atomic mass is 16.5. The van der Waals surface area contributed by atoms with Gasteiger partial charge in [0.25, 0.3) is 0 Å². The smallest absolute Gasteiger partial charge is 0.229 e. The number of nitrogens with zero attached hydrogens (tertiary/aromatic N) is 4. The van der Waals surface area contributed by atoms with Gasteiger partial charge in [0.05, 0.1) is 13.2 Å². The number of aromatic nitrogens is 3.